The first-order valence-electron chi connectivity index (χ1n) is 13.3. The summed E-state index contributed by atoms with van der Waals surface area (Å²) >= 11 is 0. The van der Waals surface area contributed by atoms with Crippen molar-refractivity contribution in [2.45, 2.75) is 58.1 Å². The first-order valence-corrected chi connectivity index (χ1v) is 14.8. The molecule has 0 spiro atoms. The Labute approximate surface area is 243 Å². The van der Waals surface area contributed by atoms with Crippen LogP contribution in [0.1, 0.15) is 37.5 Å². The van der Waals surface area contributed by atoms with Crippen LogP contribution in [0, 0.1) is 13.8 Å². The summed E-state index contributed by atoms with van der Waals surface area (Å²) in [6, 6.07) is 17.7. The largest absolute Gasteiger partial charge is 0.497 e. The Morgan fingerprint density at radius 3 is 1.98 bits per heavy atom. The van der Waals surface area contributed by atoms with E-state index in [9.17, 15) is 18.0 Å². The van der Waals surface area contributed by atoms with Gasteiger partial charge < -0.3 is 19.7 Å². The maximum absolute atomic E-state index is 14.1. The molecule has 0 unspecified atom stereocenters. The van der Waals surface area contributed by atoms with E-state index >= 15 is 0 Å². The van der Waals surface area contributed by atoms with Crippen LogP contribution in [0.5, 0.6) is 11.5 Å². The number of nitrogens with one attached hydrogen (secondary N) is 1. The van der Waals surface area contributed by atoms with E-state index < -0.39 is 28.5 Å². The number of hydrogen-bond acceptors (Lipinski definition) is 6. The Bertz CT molecular complexity index is 1450. The summed E-state index contributed by atoms with van der Waals surface area (Å²) in [7, 11) is -1.36. The smallest absolute Gasteiger partial charge is 0.264 e. The van der Waals surface area contributed by atoms with E-state index in [1.807, 2.05) is 52.0 Å². The number of carbonyl (C=O) groups is 2. The van der Waals surface area contributed by atoms with Crippen LogP contribution in [0.2, 0.25) is 0 Å². The minimum Gasteiger partial charge on any atom is -0.497 e. The van der Waals surface area contributed by atoms with E-state index in [-0.39, 0.29) is 34.8 Å². The minimum absolute atomic E-state index is 0.0106. The molecule has 0 bridgehead atoms. The second-order valence-electron chi connectivity index (χ2n) is 10.2. The van der Waals surface area contributed by atoms with Gasteiger partial charge in [-0.1, -0.05) is 47.5 Å². The Morgan fingerprint density at radius 1 is 0.854 bits per heavy atom. The number of hydrogen-bond donors (Lipinski definition) is 1. The highest BCUT2D eigenvalue weighted by Crippen LogP contribution is 2.36. The van der Waals surface area contributed by atoms with Gasteiger partial charge in [0.05, 0.1) is 24.8 Å². The normalized spacial score (nSPS) is 12.0. The van der Waals surface area contributed by atoms with Crippen molar-refractivity contribution in [2.24, 2.45) is 0 Å². The van der Waals surface area contributed by atoms with Gasteiger partial charge in [0.2, 0.25) is 11.8 Å². The van der Waals surface area contributed by atoms with Gasteiger partial charge in [0.15, 0.2) is 0 Å². The zero-order chi connectivity index (χ0) is 30.3. The highest BCUT2D eigenvalue weighted by Gasteiger charge is 2.34. The fourth-order valence-electron chi connectivity index (χ4n) is 4.22. The van der Waals surface area contributed by atoms with Crippen LogP contribution in [-0.2, 0) is 26.2 Å². The van der Waals surface area contributed by atoms with Crippen LogP contribution in [0.25, 0.3) is 0 Å². The van der Waals surface area contributed by atoms with Crippen molar-refractivity contribution in [3.8, 4) is 11.5 Å². The van der Waals surface area contributed by atoms with Crippen molar-refractivity contribution < 1.29 is 27.5 Å². The van der Waals surface area contributed by atoms with Crippen molar-refractivity contribution in [3.05, 3.63) is 83.4 Å². The molecule has 41 heavy (non-hydrogen) atoms. The summed E-state index contributed by atoms with van der Waals surface area (Å²) in [5.41, 5.74) is 2.88. The Kier molecular flexibility index (Phi) is 10.4. The van der Waals surface area contributed by atoms with Gasteiger partial charge in [0.25, 0.3) is 10.0 Å². The molecule has 0 saturated carbocycles. The summed E-state index contributed by atoms with van der Waals surface area (Å²) in [5, 5.41) is 2.85. The quantitative estimate of drug-likeness (QED) is 0.339. The van der Waals surface area contributed by atoms with E-state index in [4.69, 9.17) is 9.47 Å². The molecule has 0 aliphatic heterocycles. The number of amides is 2. The third-order valence-corrected chi connectivity index (χ3v) is 8.39. The molecular weight excluding hydrogens is 542 g/mol. The molecule has 3 aromatic carbocycles. The van der Waals surface area contributed by atoms with Crippen LogP contribution in [0.4, 0.5) is 5.69 Å². The van der Waals surface area contributed by atoms with E-state index in [1.165, 1.54) is 37.3 Å². The fraction of sp³-hybridized carbons (Fsp3) is 0.355. The zero-order valence-corrected chi connectivity index (χ0v) is 25.5. The third kappa shape index (κ3) is 7.79. The van der Waals surface area contributed by atoms with Gasteiger partial charge >= 0.3 is 0 Å². The van der Waals surface area contributed by atoms with Crippen LogP contribution in [-0.4, -0.2) is 58.0 Å². The van der Waals surface area contributed by atoms with Crippen molar-refractivity contribution in [2.75, 3.05) is 25.1 Å². The highest BCUT2D eigenvalue weighted by atomic mass is 32.2. The summed E-state index contributed by atoms with van der Waals surface area (Å²) in [6.07, 6.45) is 0. The molecule has 9 nitrogen and oxygen atoms in total. The number of anilines is 1. The molecule has 2 amide bonds. The minimum atomic E-state index is -4.25. The maximum atomic E-state index is 14.1. The average Bonchev–Trinajstić information content (AvgIpc) is 2.94. The van der Waals surface area contributed by atoms with Crippen LogP contribution in [0.15, 0.2) is 71.6 Å². The highest BCUT2D eigenvalue weighted by molar-refractivity contribution is 7.92. The van der Waals surface area contributed by atoms with E-state index in [0.717, 1.165) is 21.0 Å². The summed E-state index contributed by atoms with van der Waals surface area (Å²) in [4.78, 5) is 28.6. The second kappa shape index (κ2) is 13.5. The third-order valence-electron chi connectivity index (χ3n) is 6.61. The SMILES string of the molecule is COc1ccc(OC)c(N(CC(=O)N(Cc2ccc(C)cc2)[C@@H](C)C(=O)NC(C)C)S(=O)(=O)c2ccc(C)cc2)c1. The van der Waals surface area contributed by atoms with Gasteiger partial charge in [-0.05, 0) is 64.4 Å². The van der Waals surface area contributed by atoms with Gasteiger partial charge in [0.1, 0.15) is 24.1 Å². The van der Waals surface area contributed by atoms with Crippen molar-refractivity contribution >= 4 is 27.5 Å². The molecule has 3 rings (SSSR count). The molecule has 1 atom stereocenters. The first kappa shape index (κ1) is 31.5. The zero-order valence-electron chi connectivity index (χ0n) is 24.7. The van der Waals surface area contributed by atoms with Crippen LogP contribution >= 0.6 is 0 Å². The molecule has 0 aliphatic carbocycles. The van der Waals surface area contributed by atoms with Gasteiger partial charge in [-0.3, -0.25) is 13.9 Å². The molecular formula is C31H39N3O6S. The van der Waals surface area contributed by atoms with E-state index in [1.54, 1.807) is 31.2 Å². The predicted octanol–water partition coefficient (Wildman–Crippen LogP) is 4.46. The Hall–Kier alpha value is -4.05. The number of rotatable bonds is 12. The number of nitrogens with zero attached hydrogens (tertiary/aromatic N) is 2. The lowest BCUT2D eigenvalue weighted by molar-refractivity contribution is -0.139. The molecule has 1 N–H and O–H groups in total. The van der Waals surface area contributed by atoms with Crippen LogP contribution < -0.4 is 19.1 Å². The fourth-order valence-corrected chi connectivity index (χ4v) is 5.64. The number of ether oxygens (including phenoxy) is 2. The second-order valence-corrected chi connectivity index (χ2v) is 12.1. The van der Waals surface area contributed by atoms with Crippen molar-refractivity contribution in [1.29, 1.82) is 0 Å². The molecule has 220 valence electrons. The molecule has 10 heteroatoms. The molecule has 0 aromatic heterocycles. The Balaban J connectivity index is 2.12. The number of methoxy groups -OCH3 is 2. The molecule has 0 fully saturated rings. The number of aryl methyl sites for hydroxylation is 2. The molecule has 0 heterocycles. The Morgan fingerprint density at radius 2 is 1.44 bits per heavy atom. The van der Waals surface area contributed by atoms with Gasteiger partial charge in [0, 0.05) is 18.7 Å². The van der Waals surface area contributed by atoms with Gasteiger partial charge in [-0.15, -0.1) is 0 Å². The maximum Gasteiger partial charge on any atom is 0.264 e. The molecule has 0 radical (unpaired) electrons. The lowest BCUT2D eigenvalue weighted by atomic mass is 10.1. The number of sulfonamides is 1. The summed E-state index contributed by atoms with van der Waals surface area (Å²) < 4.78 is 40.1. The molecule has 0 saturated heterocycles. The molecule has 0 aliphatic rings. The standard InChI is InChI=1S/C31H39N3O6S/c1-21(2)32-31(36)24(5)33(19-25-12-8-22(3)9-13-25)30(35)20-34(28-18-26(39-6)14-17-29(28)40-7)41(37,38)27-15-10-23(4)11-16-27/h8-18,21,24H,19-20H2,1-7H3,(H,32,36)/t24-/m0/s1. The van der Waals surface area contributed by atoms with Gasteiger partial charge in [-0.2, -0.15) is 0 Å². The van der Waals surface area contributed by atoms with E-state index in [0.29, 0.717) is 5.75 Å². The van der Waals surface area contributed by atoms with Crippen LogP contribution in [0.3, 0.4) is 0 Å². The average molecular weight is 582 g/mol. The summed E-state index contributed by atoms with van der Waals surface area (Å²) in [5.74, 6) is -0.270. The van der Waals surface area contributed by atoms with Crippen molar-refractivity contribution in [1.82, 2.24) is 10.2 Å². The lowest BCUT2D eigenvalue weighted by Gasteiger charge is -2.32. The predicted molar refractivity (Wildman–Crippen MR) is 160 cm³/mol. The topological polar surface area (TPSA) is 105 Å². The van der Waals surface area contributed by atoms with Crippen molar-refractivity contribution in [3.63, 3.8) is 0 Å². The monoisotopic (exact) mass is 581 g/mol. The number of carbonyl (C=O) groups excluding carboxylic acids is 2. The first-order chi connectivity index (χ1) is 19.4. The lowest BCUT2D eigenvalue weighted by Crippen LogP contribution is -2.52. The molecule has 3 aromatic rings. The summed E-state index contributed by atoms with van der Waals surface area (Å²) in [6.45, 7) is 8.65. The van der Waals surface area contributed by atoms with Gasteiger partial charge in [-0.25, -0.2) is 8.42 Å². The van der Waals surface area contributed by atoms with E-state index in [2.05, 4.69) is 5.32 Å². The number of benzene rings is 3.